The fourth-order valence-corrected chi connectivity index (χ4v) is 0.713. The van der Waals surface area contributed by atoms with Crippen molar-refractivity contribution >= 4 is 5.91 Å². The van der Waals surface area contributed by atoms with Gasteiger partial charge in [-0.15, -0.1) is 0 Å². The summed E-state index contributed by atoms with van der Waals surface area (Å²) in [6, 6.07) is -0.0670. The first kappa shape index (κ1) is 12.4. The molecule has 0 bridgehead atoms. The smallest absolute Gasteiger partial charge is 0.245 e. The van der Waals surface area contributed by atoms with Crippen LogP contribution in [0.2, 0.25) is 0 Å². The molecule has 1 atom stereocenters. The molecule has 0 aromatic rings. The second-order valence-electron chi connectivity index (χ2n) is 3.60. The number of nitrogens with one attached hydrogen (secondary N) is 1. The highest BCUT2D eigenvalue weighted by Crippen LogP contribution is 1.94. The van der Waals surface area contributed by atoms with Crippen LogP contribution in [0.15, 0.2) is 0 Å². The number of hydroxylamine groups is 1. The van der Waals surface area contributed by atoms with Crippen LogP contribution in [0.4, 0.5) is 0 Å². The van der Waals surface area contributed by atoms with Gasteiger partial charge in [0.1, 0.15) is 0 Å². The van der Waals surface area contributed by atoms with Crippen molar-refractivity contribution in [2.75, 3.05) is 6.61 Å². The predicted octanol–water partition coefficient (Wildman–Crippen LogP) is 0.818. The quantitative estimate of drug-likeness (QED) is 0.606. The molecule has 0 fully saturated rings. The van der Waals surface area contributed by atoms with Crippen molar-refractivity contribution in [3.05, 3.63) is 0 Å². The van der Waals surface area contributed by atoms with Gasteiger partial charge in [0, 0.05) is 12.5 Å². The van der Waals surface area contributed by atoms with Gasteiger partial charge >= 0.3 is 0 Å². The van der Waals surface area contributed by atoms with Gasteiger partial charge in [-0.1, -0.05) is 20.8 Å². The third-order valence-electron chi connectivity index (χ3n) is 1.57. The van der Waals surface area contributed by atoms with E-state index in [9.17, 15) is 4.79 Å². The van der Waals surface area contributed by atoms with Crippen molar-refractivity contribution in [3.63, 3.8) is 0 Å². The van der Waals surface area contributed by atoms with E-state index in [0.717, 1.165) is 6.42 Å². The molecule has 0 rings (SSSR count). The Labute approximate surface area is 79.8 Å². The standard InChI is InChI=1S/C9H20N2O2/c1-4-8(10)5-9(12)11-13-6-7(2)3/h7-8H,4-6,10H2,1-3H3,(H,11,12). The topological polar surface area (TPSA) is 64.4 Å². The number of rotatable bonds is 6. The van der Waals surface area contributed by atoms with Crippen molar-refractivity contribution in [1.82, 2.24) is 5.48 Å². The molecule has 0 aromatic carbocycles. The number of hydrogen-bond donors (Lipinski definition) is 2. The molecule has 13 heavy (non-hydrogen) atoms. The average molecular weight is 188 g/mol. The summed E-state index contributed by atoms with van der Waals surface area (Å²) in [5, 5.41) is 0. The maximum Gasteiger partial charge on any atom is 0.245 e. The fraction of sp³-hybridized carbons (Fsp3) is 0.889. The lowest BCUT2D eigenvalue weighted by molar-refractivity contribution is -0.134. The zero-order valence-electron chi connectivity index (χ0n) is 8.67. The van der Waals surface area contributed by atoms with Gasteiger partial charge in [0.2, 0.25) is 5.91 Å². The summed E-state index contributed by atoms with van der Waals surface area (Å²) in [6.45, 7) is 6.52. The first-order chi connectivity index (χ1) is 6.06. The molecule has 1 amide bonds. The first-order valence-corrected chi connectivity index (χ1v) is 4.72. The molecule has 78 valence electrons. The number of carbonyl (C=O) groups is 1. The number of amides is 1. The zero-order chi connectivity index (χ0) is 10.3. The average Bonchev–Trinajstić information content (AvgIpc) is 2.03. The van der Waals surface area contributed by atoms with E-state index in [-0.39, 0.29) is 11.9 Å². The minimum absolute atomic E-state index is 0.0670. The minimum atomic E-state index is -0.144. The van der Waals surface area contributed by atoms with Crippen LogP contribution in [0.1, 0.15) is 33.6 Å². The Hall–Kier alpha value is -0.610. The second-order valence-corrected chi connectivity index (χ2v) is 3.60. The Morgan fingerprint density at radius 2 is 2.15 bits per heavy atom. The second kappa shape index (κ2) is 6.86. The maximum absolute atomic E-state index is 11.1. The van der Waals surface area contributed by atoms with E-state index in [1.165, 1.54) is 0 Å². The van der Waals surface area contributed by atoms with Crippen molar-refractivity contribution in [3.8, 4) is 0 Å². The molecular formula is C9H20N2O2. The Balaban J connectivity index is 3.41. The Morgan fingerprint density at radius 1 is 1.54 bits per heavy atom. The van der Waals surface area contributed by atoms with E-state index in [4.69, 9.17) is 10.6 Å². The Bertz CT molecular complexity index is 149. The molecule has 1 unspecified atom stereocenters. The molecule has 0 saturated carbocycles. The summed E-state index contributed by atoms with van der Waals surface area (Å²) < 4.78 is 0. The van der Waals surface area contributed by atoms with Crippen LogP contribution in [0.3, 0.4) is 0 Å². The van der Waals surface area contributed by atoms with E-state index in [1.54, 1.807) is 0 Å². The summed E-state index contributed by atoms with van der Waals surface area (Å²) >= 11 is 0. The molecule has 0 aromatic heterocycles. The van der Waals surface area contributed by atoms with Crippen LogP contribution in [0.25, 0.3) is 0 Å². The van der Waals surface area contributed by atoms with Crippen molar-refractivity contribution in [1.29, 1.82) is 0 Å². The summed E-state index contributed by atoms with van der Waals surface area (Å²) in [7, 11) is 0. The van der Waals surface area contributed by atoms with Gasteiger partial charge < -0.3 is 5.73 Å². The van der Waals surface area contributed by atoms with Gasteiger partial charge in [-0.25, -0.2) is 5.48 Å². The van der Waals surface area contributed by atoms with Gasteiger partial charge in [0.15, 0.2) is 0 Å². The first-order valence-electron chi connectivity index (χ1n) is 4.72. The summed E-state index contributed by atoms with van der Waals surface area (Å²) in [6.07, 6.45) is 1.13. The third kappa shape index (κ3) is 7.74. The maximum atomic E-state index is 11.1. The van der Waals surface area contributed by atoms with Gasteiger partial charge in [-0.2, -0.15) is 0 Å². The number of nitrogens with two attached hydrogens (primary N) is 1. The highest BCUT2D eigenvalue weighted by molar-refractivity contribution is 5.75. The van der Waals surface area contributed by atoms with Crippen LogP contribution < -0.4 is 11.2 Å². The van der Waals surface area contributed by atoms with Crippen LogP contribution in [0.5, 0.6) is 0 Å². The Morgan fingerprint density at radius 3 is 2.62 bits per heavy atom. The van der Waals surface area contributed by atoms with Gasteiger partial charge in [-0.3, -0.25) is 9.63 Å². The van der Waals surface area contributed by atoms with E-state index in [2.05, 4.69) is 5.48 Å². The van der Waals surface area contributed by atoms with Crippen LogP contribution in [-0.4, -0.2) is 18.6 Å². The number of carbonyl (C=O) groups excluding carboxylic acids is 1. The van der Waals surface area contributed by atoms with Gasteiger partial charge in [0.25, 0.3) is 0 Å². The van der Waals surface area contributed by atoms with Crippen molar-refractivity contribution in [2.45, 2.75) is 39.7 Å². The van der Waals surface area contributed by atoms with Gasteiger partial charge in [-0.05, 0) is 12.3 Å². The van der Waals surface area contributed by atoms with E-state index >= 15 is 0 Å². The monoisotopic (exact) mass is 188 g/mol. The number of hydrogen-bond acceptors (Lipinski definition) is 3. The molecule has 0 aliphatic heterocycles. The summed E-state index contributed by atoms with van der Waals surface area (Å²) in [5.41, 5.74) is 7.95. The molecule has 4 heteroatoms. The molecule has 0 aliphatic carbocycles. The molecule has 3 N–H and O–H groups in total. The highest BCUT2D eigenvalue weighted by atomic mass is 16.6. The van der Waals surface area contributed by atoms with Crippen molar-refractivity contribution < 1.29 is 9.63 Å². The predicted molar refractivity (Wildman–Crippen MR) is 51.8 cm³/mol. The summed E-state index contributed by atoms with van der Waals surface area (Å²) in [4.78, 5) is 16.0. The highest BCUT2D eigenvalue weighted by Gasteiger charge is 2.07. The minimum Gasteiger partial charge on any atom is -0.327 e. The molecule has 0 aliphatic rings. The molecule has 4 nitrogen and oxygen atoms in total. The lowest BCUT2D eigenvalue weighted by atomic mass is 10.2. The molecule has 0 radical (unpaired) electrons. The van der Waals surface area contributed by atoms with Crippen LogP contribution >= 0.6 is 0 Å². The largest absolute Gasteiger partial charge is 0.327 e. The van der Waals surface area contributed by atoms with E-state index < -0.39 is 0 Å². The normalized spacial score (nSPS) is 13.0. The lowest BCUT2D eigenvalue weighted by Gasteiger charge is -2.10. The van der Waals surface area contributed by atoms with E-state index in [0.29, 0.717) is 18.9 Å². The SMILES string of the molecule is CCC(N)CC(=O)NOCC(C)C. The Kier molecular flexibility index (Phi) is 6.54. The molecule has 0 heterocycles. The van der Waals surface area contributed by atoms with Crippen LogP contribution in [-0.2, 0) is 9.63 Å². The van der Waals surface area contributed by atoms with E-state index in [1.807, 2.05) is 20.8 Å². The lowest BCUT2D eigenvalue weighted by Crippen LogP contribution is -2.32. The van der Waals surface area contributed by atoms with Crippen molar-refractivity contribution in [2.24, 2.45) is 11.7 Å². The third-order valence-corrected chi connectivity index (χ3v) is 1.57. The van der Waals surface area contributed by atoms with Gasteiger partial charge in [0.05, 0.1) is 6.61 Å². The van der Waals surface area contributed by atoms with Crippen LogP contribution in [0, 0.1) is 5.92 Å². The summed E-state index contributed by atoms with van der Waals surface area (Å²) in [5.74, 6) is 0.273. The zero-order valence-corrected chi connectivity index (χ0v) is 8.67. The molecular weight excluding hydrogens is 168 g/mol. The molecule has 0 spiro atoms. The molecule has 0 saturated heterocycles. The fourth-order valence-electron chi connectivity index (χ4n) is 0.713.